The number of ether oxygens (including phenoxy) is 3. The minimum atomic E-state index is -0.224. The molecule has 6 heteroatoms. The highest BCUT2D eigenvalue weighted by Gasteiger charge is 2.08. The maximum Gasteiger partial charge on any atom is 0.305 e. The summed E-state index contributed by atoms with van der Waals surface area (Å²) in [5.74, 6) is 0.903. The molecule has 0 saturated carbocycles. The first-order valence-corrected chi connectivity index (χ1v) is 6.77. The van der Waals surface area contributed by atoms with Gasteiger partial charge in [-0.3, -0.25) is 4.79 Å². The van der Waals surface area contributed by atoms with Crippen LogP contribution in [0.1, 0.15) is 32.3 Å². The third-order valence-electron chi connectivity index (χ3n) is 2.82. The fraction of sp³-hybridized carbons (Fsp3) is 0.467. The van der Waals surface area contributed by atoms with Crippen LogP contribution in [0.4, 0.5) is 0 Å². The summed E-state index contributed by atoms with van der Waals surface area (Å²) in [6, 6.07) is 5.25. The lowest BCUT2D eigenvalue weighted by atomic mass is 10.1. The van der Waals surface area contributed by atoms with Gasteiger partial charge in [-0.25, -0.2) is 0 Å². The van der Waals surface area contributed by atoms with Crippen molar-refractivity contribution in [2.75, 3.05) is 20.3 Å². The number of esters is 1. The quantitative estimate of drug-likeness (QED) is 0.262. The zero-order valence-electron chi connectivity index (χ0n) is 12.6. The monoisotopic (exact) mass is 295 g/mol. The predicted molar refractivity (Wildman–Crippen MR) is 78.4 cm³/mol. The van der Waals surface area contributed by atoms with Gasteiger partial charge in [0.1, 0.15) is 0 Å². The van der Waals surface area contributed by atoms with Crippen LogP contribution in [-0.4, -0.2) is 37.2 Å². The lowest BCUT2D eigenvalue weighted by Gasteiger charge is -2.11. The Hall–Kier alpha value is -2.24. The maximum absolute atomic E-state index is 11.2. The van der Waals surface area contributed by atoms with E-state index in [0.717, 1.165) is 5.56 Å². The molecule has 0 aliphatic rings. The highest BCUT2D eigenvalue weighted by Crippen LogP contribution is 2.28. The van der Waals surface area contributed by atoms with Gasteiger partial charge in [0.05, 0.1) is 26.0 Å². The second kappa shape index (κ2) is 8.84. The molecule has 1 N–H and O–H groups in total. The number of methoxy groups -OCH3 is 1. The molecule has 1 aromatic carbocycles. The molecular weight excluding hydrogens is 274 g/mol. The number of oxime groups is 1. The van der Waals surface area contributed by atoms with E-state index in [0.29, 0.717) is 43.3 Å². The van der Waals surface area contributed by atoms with Crippen LogP contribution < -0.4 is 9.47 Å². The number of hydrogen-bond acceptors (Lipinski definition) is 6. The minimum absolute atomic E-state index is 0.224. The van der Waals surface area contributed by atoms with Gasteiger partial charge in [-0.15, -0.1) is 0 Å². The molecule has 0 aliphatic heterocycles. The SMILES string of the molecule is CCOC(=O)CCCOc1ccc(/C(C)=N\O)cc1OC. The smallest absolute Gasteiger partial charge is 0.305 e. The van der Waals surface area contributed by atoms with Gasteiger partial charge >= 0.3 is 5.97 Å². The zero-order chi connectivity index (χ0) is 15.7. The first kappa shape index (κ1) is 16.8. The van der Waals surface area contributed by atoms with Crippen LogP contribution >= 0.6 is 0 Å². The Labute approximate surface area is 124 Å². The summed E-state index contributed by atoms with van der Waals surface area (Å²) in [5.41, 5.74) is 1.23. The molecule has 1 aromatic rings. The van der Waals surface area contributed by atoms with Crippen molar-refractivity contribution in [2.24, 2.45) is 5.16 Å². The van der Waals surface area contributed by atoms with Gasteiger partial charge < -0.3 is 19.4 Å². The Morgan fingerprint density at radius 2 is 2.10 bits per heavy atom. The van der Waals surface area contributed by atoms with Gasteiger partial charge in [0.2, 0.25) is 0 Å². The van der Waals surface area contributed by atoms with Gasteiger partial charge in [-0.05, 0) is 38.5 Å². The molecule has 0 amide bonds. The van der Waals surface area contributed by atoms with Crippen molar-refractivity contribution in [3.8, 4) is 11.5 Å². The molecule has 21 heavy (non-hydrogen) atoms. The van der Waals surface area contributed by atoms with Crippen LogP contribution in [0.25, 0.3) is 0 Å². The molecule has 0 spiro atoms. The Morgan fingerprint density at radius 1 is 1.33 bits per heavy atom. The standard InChI is InChI=1S/C15H21NO5/c1-4-20-15(17)6-5-9-21-13-8-7-12(11(2)16-18)10-14(13)19-3/h7-8,10,18H,4-6,9H2,1-3H3/b16-11-. The van der Waals surface area contributed by atoms with Gasteiger partial charge in [0, 0.05) is 12.0 Å². The minimum Gasteiger partial charge on any atom is -0.493 e. The Morgan fingerprint density at radius 3 is 2.71 bits per heavy atom. The number of rotatable bonds is 8. The molecule has 0 unspecified atom stereocenters. The first-order valence-electron chi connectivity index (χ1n) is 6.77. The fourth-order valence-corrected chi connectivity index (χ4v) is 1.70. The summed E-state index contributed by atoms with van der Waals surface area (Å²) in [6.07, 6.45) is 0.894. The second-order valence-corrected chi connectivity index (χ2v) is 4.31. The Balaban J connectivity index is 2.57. The van der Waals surface area contributed by atoms with E-state index in [9.17, 15) is 4.79 Å². The lowest BCUT2D eigenvalue weighted by molar-refractivity contribution is -0.143. The second-order valence-electron chi connectivity index (χ2n) is 4.31. The summed E-state index contributed by atoms with van der Waals surface area (Å²) in [4.78, 5) is 11.2. The van der Waals surface area contributed by atoms with Gasteiger partial charge in [-0.2, -0.15) is 0 Å². The van der Waals surface area contributed by atoms with Crippen LogP contribution in [0.3, 0.4) is 0 Å². The Kier molecular flexibility index (Phi) is 7.08. The summed E-state index contributed by atoms with van der Waals surface area (Å²) in [5, 5.41) is 11.9. The van der Waals surface area contributed by atoms with Gasteiger partial charge in [0.15, 0.2) is 11.5 Å². The lowest BCUT2D eigenvalue weighted by Crippen LogP contribution is -2.07. The van der Waals surface area contributed by atoms with E-state index < -0.39 is 0 Å². The van der Waals surface area contributed by atoms with Crippen molar-refractivity contribution >= 4 is 11.7 Å². The number of benzene rings is 1. The molecule has 1 rings (SSSR count). The van der Waals surface area contributed by atoms with E-state index in [2.05, 4.69) is 5.16 Å². The van der Waals surface area contributed by atoms with Crippen molar-refractivity contribution in [2.45, 2.75) is 26.7 Å². The van der Waals surface area contributed by atoms with E-state index in [1.807, 2.05) is 0 Å². The summed E-state index contributed by atoms with van der Waals surface area (Å²) < 4.78 is 15.7. The number of carbonyl (C=O) groups excluding carboxylic acids is 1. The van der Waals surface area contributed by atoms with Crippen molar-refractivity contribution in [1.29, 1.82) is 0 Å². The normalized spacial score (nSPS) is 11.1. The number of nitrogens with zero attached hydrogens (tertiary/aromatic N) is 1. The average Bonchev–Trinajstić information content (AvgIpc) is 2.51. The molecule has 6 nitrogen and oxygen atoms in total. The number of hydrogen-bond donors (Lipinski definition) is 1. The molecule has 0 atom stereocenters. The van der Waals surface area contributed by atoms with E-state index >= 15 is 0 Å². The van der Waals surface area contributed by atoms with Crippen molar-refractivity contribution in [3.63, 3.8) is 0 Å². The van der Waals surface area contributed by atoms with Crippen LogP contribution in [0, 0.1) is 0 Å². The average molecular weight is 295 g/mol. The third-order valence-corrected chi connectivity index (χ3v) is 2.82. The highest BCUT2D eigenvalue weighted by atomic mass is 16.5. The molecule has 0 aromatic heterocycles. The van der Waals surface area contributed by atoms with Gasteiger partial charge in [0.25, 0.3) is 0 Å². The molecule has 0 saturated heterocycles. The molecule has 116 valence electrons. The summed E-state index contributed by atoms with van der Waals surface area (Å²) in [6.45, 7) is 4.25. The van der Waals surface area contributed by atoms with Crippen LogP contribution in [-0.2, 0) is 9.53 Å². The first-order chi connectivity index (χ1) is 10.1. The molecule has 0 aliphatic carbocycles. The highest BCUT2D eigenvalue weighted by molar-refractivity contribution is 5.98. The molecule has 0 radical (unpaired) electrons. The third kappa shape index (κ3) is 5.33. The maximum atomic E-state index is 11.2. The van der Waals surface area contributed by atoms with Crippen molar-refractivity contribution in [3.05, 3.63) is 23.8 Å². The predicted octanol–water partition coefficient (Wildman–Crippen LogP) is 2.62. The van der Waals surface area contributed by atoms with E-state index in [1.165, 1.54) is 7.11 Å². The molecule has 0 fully saturated rings. The number of carbonyl (C=O) groups is 1. The molecule has 0 heterocycles. The van der Waals surface area contributed by atoms with E-state index in [4.69, 9.17) is 19.4 Å². The summed E-state index contributed by atoms with van der Waals surface area (Å²) >= 11 is 0. The van der Waals surface area contributed by atoms with E-state index in [1.54, 1.807) is 32.0 Å². The van der Waals surface area contributed by atoms with Crippen molar-refractivity contribution in [1.82, 2.24) is 0 Å². The van der Waals surface area contributed by atoms with Crippen LogP contribution in [0.2, 0.25) is 0 Å². The van der Waals surface area contributed by atoms with Gasteiger partial charge in [-0.1, -0.05) is 5.16 Å². The topological polar surface area (TPSA) is 77.4 Å². The molecule has 0 bridgehead atoms. The van der Waals surface area contributed by atoms with Crippen molar-refractivity contribution < 1.29 is 24.2 Å². The molecular formula is C15H21NO5. The zero-order valence-corrected chi connectivity index (χ0v) is 12.6. The fourth-order valence-electron chi connectivity index (χ4n) is 1.70. The Bertz CT molecular complexity index is 499. The van der Waals surface area contributed by atoms with Crippen LogP contribution in [0.5, 0.6) is 11.5 Å². The summed E-state index contributed by atoms with van der Waals surface area (Å²) in [7, 11) is 1.54. The van der Waals surface area contributed by atoms with Crippen LogP contribution in [0.15, 0.2) is 23.4 Å². The van der Waals surface area contributed by atoms with E-state index in [-0.39, 0.29) is 5.97 Å². The largest absolute Gasteiger partial charge is 0.493 e.